The number of carbonyl (C=O) groups is 1. The Labute approximate surface area is 160 Å². The van der Waals surface area contributed by atoms with Crippen molar-refractivity contribution in [1.29, 1.82) is 0 Å². The number of fused-ring (bicyclic) bond motifs is 1. The van der Waals surface area contributed by atoms with Gasteiger partial charge in [-0.15, -0.1) is 0 Å². The molecule has 1 amide bonds. The highest BCUT2D eigenvalue weighted by Crippen LogP contribution is 2.20. The van der Waals surface area contributed by atoms with Crippen LogP contribution in [0.2, 0.25) is 0 Å². The molecule has 2 heterocycles. The molecule has 7 heteroatoms. The molecule has 0 unspecified atom stereocenters. The lowest BCUT2D eigenvalue weighted by Gasteiger charge is -2.06. The van der Waals surface area contributed by atoms with Gasteiger partial charge in [0.25, 0.3) is 11.5 Å². The van der Waals surface area contributed by atoms with Gasteiger partial charge < -0.3 is 10.1 Å². The van der Waals surface area contributed by atoms with E-state index in [4.69, 9.17) is 4.74 Å². The van der Waals surface area contributed by atoms with Gasteiger partial charge in [-0.3, -0.25) is 14.7 Å². The predicted molar refractivity (Wildman–Crippen MR) is 105 cm³/mol. The number of nitrogens with one attached hydrogen (secondary N) is 2. The van der Waals surface area contributed by atoms with Crippen LogP contribution in [0.3, 0.4) is 0 Å². The van der Waals surface area contributed by atoms with E-state index < -0.39 is 0 Å². The lowest BCUT2D eigenvalue weighted by atomic mass is 10.1. The largest absolute Gasteiger partial charge is 0.497 e. The summed E-state index contributed by atoms with van der Waals surface area (Å²) in [5, 5.41) is 5.65. The van der Waals surface area contributed by atoms with Crippen molar-refractivity contribution in [3.8, 4) is 17.0 Å². The zero-order valence-corrected chi connectivity index (χ0v) is 15.2. The van der Waals surface area contributed by atoms with Crippen LogP contribution in [0.25, 0.3) is 16.9 Å². The molecule has 0 aliphatic carbocycles. The first kappa shape index (κ1) is 17.5. The van der Waals surface area contributed by atoms with Crippen molar-refractivity contribution in [3.05, 3.63) is 88.3 Å². The number of H-pyrrole nitrogens is 1. The summed E-state index contributed by atoms with van der Waals surface area (Å²) in [7, 11) is 1.59. The average Bonchev–Trinajstić information content (AvgIpc) is 3.17. The van der Waals surface area contributed by atoms with E-state index in [0.29, 0.717) is 23.6 Å². The van der Waals surface area contributed by atoms with Crippen LogP contribution >= 0.6 is 0 Å². The normalized spacial score (nSPS) is 10.8. The van der Waals surface area contributed by atoms with Crippen molar-refractivity contribution in [2.24, 2.45) is 0 Å². The van der Waals surface area contributed by atoms with Crippen molar-refractivity contribution in [3.63, 3.8) is 0 Å². The molecule has 4 rings (SSSR count). The second-order valence-electron chi connectivity index (χ2n) is 6.22. The van der Waals surface area contributed by atoms with Gasteiger partial charge in [0.2, 0.25) is 0 Å². The summed E-state index contributed by atoms with van der Waals surface area (Å²) in [6.07, 6.45) is 1.49. The number of benzene rings is 2. The van der Waals surface area contributed by atoms with E-state index in [1.807, 2.05) is 42.5 Å². The number of methoxy groups -OCH3 is 1. The molecule has 0 aliphatic rings. The Morgan fingerprint density at radius 3 is 2.61 bits per heavy atom. The van der Waals surface area contributed by atoms with Gasteiger partial charge in [-0.2, -0.15) is 0 Å². The van der Waals surface area contributed by atoms with Crippen LogP contribution in [-0.4, -0.2) is 27.6 Å². The van der Waals surface area contributed by atoms with Gasteiger partial charge in [0.1, 0.15) is 11.3 Å². The fourth-order valence-corrected chi connectivity index (χ4v) is 2.93. The van der Waals surface area contributed by atoms with E-state index >= 15 is 0 Å². The standard InChI is InChI=1S/C21H18N4O3/c1-28-16-9-7-15(8-10-16)18-11-19(26)25-20(24-18)17(13-23-25)21(27)22-12-14-5-3-2-4-6-14/h2-11,13,23H,12H2,1H3,(H,22,27). The topological polar surface area (TPSA) is 88.5 Å². The number of rotatable bonds is 5. The second kappa shape index (κ2) is 7.40. The van der Waals surface area contributed by atoms with Crippen molar-refractivity contribution in [1.82, 2.24) is 19.9 Å². The van der Waals surface area contributed by atoms with Crippen LogP contribution in [0.15, 0.2) is 71.7 Å². The Bertz CT molecular complexity index is 1180. The van der Waals surface area contributed by atoms with E-state index in [1.165, 1.54) is 16.8 Å². The molecule has 0 bridgehead atoms. The number of hydrogen-bond donors (Lipinski definition) is 2. The maximum atomic E-state index is 12.6. The monoisotopic (exact) mass is 374 g/mol. The molecule has 0 aliphatic heterocycles. The average molecular weight is 374 g/mol. The van der Waals surface area contributed by atoms with Crippen molar-refractivity contribution in [2.45, 2.75) is 6.54 Å². The molecule has 7 nitrogen and oxygen atoms in total. The van der Waals surface area contributed by atoms with Crippen molar-refractivity contribution < 1.29 is 9.53 Å². The van der Waals surface area contributed by atoms with Gasteiger partial charge in [0.05, 0.1) is 12.8 Å². The second-order valence-corrected chi connectivity index (χ2v) is 6.22. The summed E-state index contributed by atoms with van der Waals surface area (Å²) in [5.74, 6) is 0.408. The third-order valence-corrected chi connectivity index (χ3v) is 4.42. The van der Waals surface area contributed by atoms with Gasteiger partial charge in [-0.05, 0) is 29.8 Å². The molecule has 2 aromatic heterocycles. The van der Waals surface area contributed by atoms with E-state index in [-0.39, 0.29) is 17.1 Å². The highest BCUT2D eigenvalue weighted by atomic mass is 16.5. The number of ether oxygens (including phenoxy) is 1. The van der Waals surface area contributed by atoms with Gasteiger partial charge in [-0.1, -0.05) is 30.3 Å². The SMILES string of the molecule is COc1ccc(-c2cc(=O)n3[nH]cc(C(=O)NCc4ccccc4)c3n2)cc1. The van der Waals surface area contributed by atoms with Gasteiger partial charge in [-0.25, -0.2) is 9.50 Å². The Hall–Kier alpha value is -3.87. The van der Waals surface area contributed by atoms with E-state index in [2.05, 4.69) is 15.4 Å². The lowest BCUT2D eigenvalue weighted by molar-refractivity contribution is 0.0952. The number of nitrogens with zero attached hydrogens (tertiary/aromatic N) is 2. The molecule has 0 fully saturated rings. The molecule has 0 saturated heterocycles. The van der Waals surface area contributed by atoms with E-state index in [1.54, 1.807) is 19.2 Å². The molecule has 0 radical (unpaired) electrons. The third kappa shape index (κ3) is 3.37. The molecule has 0 spiro atoms. The quantitative estimate of drug-likeness (QED) is 0.562. The Morgan fingerprint density at radius 2 is 1.89 bits per heavy atom. The molecule has 0 saturated carbocycles. The molecule has 4 aromatic rings. The fourth-order valence-electron chi connectivity index (χ4n) is 2.93. The summed E-state index contributed by atoms with van der Waals surface area (Å²) in [5.41, 5.74) is 2.53. The first-order valence-corrected chi connectivity index (χ1v) is 8.73. The van der Waals surface area contributed by atoms with E-state index in [9.17, 15) is 9.59 Å². The number of amides is 1. The minimum atomic E-state index is -0.304. The van der Waals surface area contributed by atoms with E-state index in [0.717, 1.165) is 11.1 Å². The number of carbonyl (C=O) groups excluding carboxylic acids is 1. The summed E-state index contributed by atoms with van der Waals surface area (Å²) < 4.78 is 6.41. The predicted octanol–water partition coefficient (Wildman–Crippen LogP) is 2.63. The van der Waals surface area contributed by atoms with Crippen molar-refractivity contribution >= 4 is 11.6 Å². The zero-order chi connectivity index (χ0) is 19.5. The first-order chi connectivity index (χ1) is 13.7. The molecule has 0 atom stereocenters. The third-order valence-electron chi connectivity index (χ3n) is 4.42. The van der Waals surface area contributed by atoms with Crippen LogP contribution in [-0.2, 0) is 6.54 Å². The van der Waals surface area contributed by atoms with Gasteiger partial charge in [0, 0.05) is 24.4 Å². The summed E-state index contributed by atoms with van der Waals surface area (Å²) in [4.78, 5) is 29.6. The zero-order valence-electron chi connectivity index (χ0n) is 15.2. The highest BCUT2D eigenvalue weighted by Gasteiger charge is 2.16. The molecule has 28 heavy (non-hydrogen) atoms. The summed E-state index contributed by atoms with van der Waals surface area (Å²) in [6.45, 7) is 0.388. The van der Waals surface area contributed by atoms with Crippen LogP contribution < -0.4 is 15.6 Å². The Balaban J connectivity index is 1.66. The fraction of sp³-hybridized carbons (Fsp3) is 0.0952. The maximum Gasteiger partial charge on any atom is 0.273 e. The molecule has 140 valence electrons. The van der Waals surface area contributed by atoms with Crippen molar-refractivity contribution in [2.75, 3.05) is 7.11 Å². The minimum absolute atomic E-state index is 0.281. The Morgan fingerprint density at radius 1 is 1.14 bits per heavy atom. The summed E-state index contributed by atoms with van der Waals surface area (Å²) in [6, 6.07) is 18.3. The minimum Gasteiger partial charge on any atom is -0.497 e. The van der Waals surface area contributed by atoms with Crippen LogP contribution in [0.5, 0.6) is 5.75 Å². The number of hydrogen-bond acceptors (Lipinski definition) is 4. The van der Waals surface area contributed by atoms with Crippen LogP contribution in [0, 0.1) is 0 Å². The molecular weight excluding hydrogens is 356 g/mol. The number of aromatic amines is 1. The molecular formula is C21H18N4O3. The first-order valence-electron chi connectivity index (χ1n) is 8.73. The van der Waals surface area contributed by atoms with Gasteiger partial charge in [0.15, 0.2) is 5.65 Å². The number of aromatic nitrogens is 3. The van der Waals surface area contributed by atoms with Crippen LogP contribution in [0.4, 0.5) is 0 Å². The van der Waals surface area contributed by atoms with Crippen LogP contribution in [0.1, 0.15) is 15.9 Å². The smallest absolute Gasteiger partial charge is 0.273 e. The maximum absolute atomic E-state index is 12.6. The molecule has 2 N–H and O–H groups in total. The molecule has 2 aromatic carbocycles. The van der Waals surface area contributed by atoms with Gasteiger partial charge >= 0.3 is 0 Å². The highest BCUT2D eigenvalue weighted by molar-refractivity contribution is 5.99. The lowest BCUT2D eigenvalue weighted by Crippen LogP contribution is -2.23. The Kier molecular flexibility index (Phi) is 4.63. The summed E-state index contributed by atoms with van der Waals surface area (Å²) >= 11 is 0.